The molecule has 2 aromatic rings. The van der Waals surface area contributed by atoms with Crippen molar-refractivity contribution in [2.75, 3.05) is 6.54 Å². The van der Waals surface area contributed by atoms with E-state index >= 15 is 0 Å². The first kappa shape index (κ1) is 13.2. The van der Waals surface area contributed by atoms with Crippen LogP contribution in [0, 0.1) is 0 Å². The van der Waals surface area contributed by atoms with Crippen LogP contribution in [0.2, 0.25) is 0 Å². The SMILES string of the molecule is CC(C)(CN)NC(=O)c1ccc(-c2ncon2)cc1. The zero-order valence-electron chi connectivity index (χ0n) is 10.9. The van der Waals surface area contributed by atoms with E-state index in [1.807, 2.05) is 13.8 Å². The minimum Gasteiger partial charge on any atom is -0.346 e. The number of nitrogens with one attached hydrogen (secondary N) is 1. The predicted molar refractivity (Wildman–Crippen MR) is 70.3 cm³/mol. The van der Waals surface area contributed by atoms with Crippen molar-refractivity contribution in [3.8, 4) is 11.4 Å². The summed E-state index contributed by atoms with van der Waals surface area (Å²) in [4.78, 5) is 15.9. The zero-order valence-corrected chi connectivity index (χ0v) is 10.9. The molecule has 0 fully saturated rings. The van der Waals surface area contributed by atoms with E-state index in [1.54, 1.807) is 24.3 Å². The number of amides is 1. The quantitative estimate of drug-likeness (QED) is 0.861. The van der Waals surface area contributed by atoms with Gasteiger partial charge in [0.05, 0.1) is 0 Å². The Morgan fingerprint density at radius 1 is 1.37 bits per heavy atom. The molecule has 1 aromatic heterocycles. The molecule has 0 unspecified atom stereocenters. The van der Waals surface area contributed by atoms with E-state index in [4.69, 9.17) is 5.73 Å². The predicted octanol–water partition coefficient (Wildman–Crippen LogP) is 1.20. The molecule has 1 heterocycles. The van der Waals surface area contributed by atoms with Gasteiger partial charge in [0.25, 0.3) is 5.91 Å². The zero-order chi connectivity index (χ0) is 13.9. The molecule has 0 saturated carbocycles. The van der Waals surface area contributed by atoms with E-state index in [-0.39, 0.29) is 5.91 Å². The van der Waals surface area contributed by atoms with Crippen molar-refractivity contribution < 1.29 is 9.32 Å². The normalized spacial score (nSPS) is 11.3. The molecule has 100 valence electrons. The van der Waals surface area contributed by atoms with Crippen molar-refractivity contribution in [1.29, 1.82) is 0 Å². The van der Waals surface area contributed by atoms with Gasteiger partial charge in [-0.15, -0.1) is 0 Å². The smallest absolute Gasteiger partial charge is 0.251 e. The van der Waals surface area contributed by atoms with Crippen LogP contribution in [-0.2, 0) is 0 Å². The van der Waals surface area contributed by atoms with E-state index in [0.717, 1.165) is 5.56 Å². The van der Waals surface area contributed by atoms with Crippen molar-refractivity contribution in [3.05, 3.63) is 36.2 Å². The third kappa shape index (κ3) is 3.17. The second-order valence-electron chi connectivity index (χ2n) is 4.87. The standard InChI is InChI=1S/C13H16N4O2/c1-13(2,7-14)16-12(18)10-5-3-9(4-6-10)11-15-8-19-17-11/h3-6,8H,7,14H2,1-2H3,(H,16,18). The lowest BCUT2D eigenvalue weighted by atomic mass is 10.0. The highest BCUT2D eigenvalue weighted by Crippen LogP contribution is 2.15. The Morgan fingerprint density at radius 2 is 2.05 bits per heavy atom. The van der Waals surface area contributed by atoms with Crippen molar-refractivity contribution in [2.24, 2.45) is 5.73 Å². The van der Waals surface area contributed by atoms with E-state index in [2.05, 4.69) is 20.0 Å². The average Bonchev–Trinajstić information content (AvgIpc) is 2.92. The first-order valence-electron chi connectivity index (χ1n) is 5.91. The summed E-state index contributed by atoms with van der Waals surface area (Å²) in [5.74, 6) is 0.337. The monoisotopic (exact) mass is 260 g/mol. The molecule has 0 aliphatic rings. The fourth-order valence-corrected chi connectivity index (χ4v) is 1.50. The van der Waals surface area contributed by atoms with Crippen LogP contribution < -0.4 is 11.1 Å². The number of hydrogen-bond donors (Lipinski definition) is 2. The van der Waals surface area contributed by atoms with Crippen molar-refractivity contribution in [1.82, 2.24) is 15.5 Å². The molecular weight excluding hydrogens is 244 g/mol. The van der Waals surface area contributed by atoms with Gasteiger partial charge in [0.15, 0.2) is 0 Å². The molecule has 2 rings (SSSR count). The molecule has 0 aliphatic carbocycles. The lowest BCUT2D eigenvalue weighted by Crippen LogP contribution is -2.48. The summed E-state index contributed by atoms with van der Waals surface area (Å²) in [5.41, 5.74) is 6.51. The van der Waals surface area contributed by atoms with E-state index < -0.39 is 5.54 Å². The third-order valence-electron chi connectivity index (χ3n) is 2.73. The molecular formula is C13H16N4O2. The fraction of sp³-hybridized carbons (Fsp3) is 0.308. The number of aromatic nitrogens is 2. The molecule has 0 radical (unpaired) electrons. The third-order valence-corrected chi connectivity index (χ3v) is 2.73. The molecule has 19 heavy (non-hydrogen) atoms. The molecule has 6 nitrogen and oxygen atoms in total. The van der Waals surface area contributed by atoms with Crippen molar-refractivity contribution >= 4 is 5.91 Å². The van der Waals surface area contributed by atoms with E-state index in [9.17, 15) is 4.79 Å². The molecule has 3 N–H and O–H groups in total. The maximum absolute atomic E-state index is 12.0. The van der Waals surface area contributed by atoms with Gasteiger partial charge in [-0.05, 0) is 26.0 Å². The number of carbonyl (C=O) groups is 1. The molecule has 1 amide bonds. The minimum atomic E-state index is -0.427. The molecule has 1 aromatic carbocycles. The number of nitrogens with zero attached hydrogens (tertiary/aromatic N) is 2. The van der Waals surface area contributed by atoms with E-state index in [1.165, 1.54) is 6.39 Å². The van der Waals surface area contributed by atoms with Gasteiger partial charge in [-0.3, -0.25) is 4.79 Å². The van der Waals surface area contributed by atoms with Gasteiger partial charge in [-0.2, -0.15) is 4.98 Å². The lowest BCUT2D eigenvalue weighted by Gasteiger charge is -2.24. The van der Waals surface area contributed by atoms with Crippen LogP contribution in [-0.4, -0.2) is 28.1 Å². The summed E-state index contributed by atoms with van der Waals surface area (Å²) >= 11 is 0. The highest BCUT2D eigenvalue weighted by atomic mass is 16.5. The van der Waals surface area contributed by atoms with Gasteiger partial charge in [-0.25, -0.2) is 0 Å². The van der Waals surface area contributed by atoms with Gasteiger partial charge in [-0.1, -0.05) is 17.3 Å². The molecule has 0 spiro atoms. The first-order chi connectivity index (χ1) is 9.02. The molecule has 0 atom stereocenters. The van der Waals surface area contributed by atoms with Crippen LogP contribution in [0.4, 0.5) is 0 Å². The van der Waals surface area contributed by atoms with Crippen LogP contribution in [0.1, 0.15) is 24.2 Å². The van der Waals surface area contributed by atoms with Gasteiger partial charge in [0, 0.05) is 23.2 Å². The largest absolute Gasteiger partial charge is 0.346 e. The van der Waals surface area contributed by atoms with Crippen LogP contribution in [0.25, 0.3) is 11.4 Å². The molecule has 0 bridgehead atoms. The Kier molecular flexibility index (Phi) is 3.62. The van der Waals surface area contributed by atoms with Crippen molar-refractivity contribution in [3.63, 3.8) is 0 Å². The molecule has 6 heteroatoms. The number of rotatable bonds is 4. The van der Waals surface area contributed by atoms with Gasteiger partial charge in [0.2, 0.25) is 12.2 Å². The minimum absolute atomic E-state index is 0.157. The number of hydrogen-bond acceptors (Lipinski definition) is 5. The Hall–Kier alpha value is -2.21. The summed E-state index contributed by atoms with van der Waals surface area (Å²) in [5, 5.41) is 6.59. The first-order valence-corrected chi connectivity index (χ1v) is 5.91. The topological polar surface area (TPSA) is 94.0 Å². The summed E-state index contributed by atoms with van der Waals surface area (Å²) in [6, 6.07) is 6.98. The van der Waals surface area contributed by atoms with Crippen LogP contribution in [0.3, 0.4) is 0 Å². The Labute approximate surface area is 111 Å². The molecule has 0 aliphatic heterocycles. The maximum atomic E-state index is 12.0. The van der Waals surface area contributed by atoms with Gasteiger partial charge >= 0.3 is 0 Å². The molecule has 0 saturated heterocycles. The van der Waals surface area contributed by atoms with Crippen LogP contribution in [0.15, 0.2) is 35.2 Å². The Bertz CT molecular complexity index is 547. The lowest BCUT2D eigenvalue weighted by molar-refractivity contribution is 0.0916. The number of carbonyl (C=O) groups excluding carboxylic acids is 1. The highest BCUT2D eigenvalue weighted by molar-refractivity contribution is 5.95. The van der Waals surface area contributed by atoms with Crippen LogP contribution >= 0.6 is 0 Å². The van der Waals surface area contributed by atoms with Crippen LogP contribution in [0.5, 0.6) is 0 Å². The van der Waals surface area contributed by atoms with Gasteiger partial charge < -0.3 is 15.6 Å². The summed E-state index contributed by atoms with van der Waals surface area (Å²) in [6.07, 6.45) is 1.26. The summed E-state index contributed by atoms with van der Waals surface area (Å²) in [6.45, 7) is 4.12. The Morgan fingerprint density at radius 3 is 2.58 bits per heavy atom. The highest BCUT2D eigenvalue weighted by Gasteiger charge is 2.19. The van der Waals surface area contributed by atoms with Crippen molar-refractivity contribution in [2.45, 2.75) is 19.4 Å². The fourth-order valence-electron chi connectivity index (χ4n) is 1.50. The second kappa shape index (κ2) is 5.19. The number of nitrogens with two attached hydrogens (primary N) is 1. The summed E-state index contributed by atoms with van der Waals surface area (Å²) < 4.78 is 4.67. The second-order valence-corrected chi connectivity index (χ2v) is 4.87. The average molecular weight is 260 g/mol. The Balaban J connectivity index is 2.13. The number of benzene rings is 1. The summed E-state index contributed by atoms with van der Waals surface area (Å²) in [7, 11) is 0. The maximum Gasteiger partial charge on any atom is 0.251 e. The van der Waals surface area contributed by atoms with E-state index in [0.29, 0.717) is 17.9 Å². The van der Waals surface area contributed by atoms with Gasteiger partial charge in [0.1, 0.15) is 0 Å².